The number of benzene rings is 2. The Morgan fingerprint density at radius 3 is 2.45 bits per heavy atom. The van der Waals surface area contributed by atoms with Crippen molar-refractivity contribution < 1.29 is 14.6 Å². The van der Waals surface area contributed by atoms with Gasteiger partial charge in [-0.05, 0) is 32.9 Å². The number of para-hydroxylation sites is 1. The van der Waals surface area contributed by atoms with Gasteiger partial charge in [0.25, 0.3) is 0 Å². The van der Waals surface area contributed by atoms with Crippen LogP contribution in [0, 0.1) is 0 Å². The van der Waals surface area contributed by atoms with Crippen molar-refractivity contribution in [2.75, 3.05) is 25.1 Å². The summed E-state index contributed by atoms with van der Waals surface area (Å²) in [7, 11) is 1.87. The molecule has 6 heteroatoms. The van der Waals surface area contributed by atoms with E-state index in [1.165, 1.54) is 0 Å². The first-order valence-electron chi connectivity index (χ1n) is 9.46. The van der Waals surface area contributed by atoms with Crippen molar-refractivity contribution in [3.63, 3.8) is 0 Å². The normalized spacial score (nSPS) is 11.5. The number of hydrogen-bond acceptors (Lipinski definition) is 5. The van der Waals surface area contributed by atoms with E-state index in [0.29, 0.717) is 28.2 Å². The molecule has 0 saturated heterocycles. The van der Waals surface area contributed by atoms with E-state index in [0.717, 1.165) is 11.1 Å². The molecule has 1 aromatic heterocycles. The van der Waals surface area contributed by atoms with Crippen LogP contribution in [-0.2, 0) is 4.74 Å². The fraction of sp³-hybridized carbons (Fsp3) is 0.304. The van der Waals surface area contributed by atoms with Crippen LogP contribution < -0.4 is 4.90 Å². The second-order valence-corrected chi connectivity index (χ2v) is 8.24. The minimum Gasteiger partial charge on any atom is -0.455 e. The number of carbonyl (C=O) groups excluding carboxylic acids is 1. The molecule has 0 amide bonds. The van der Waals surface area contributed by atoms with Gasteiger partial charge >= 0.3 is 5.97 Å². The molecular weight excluding hydrogens is 388 g/mol. The van der Waals surface area contributed by atoms with Gasteiger partial charge < -0.3 is 14.7 Å². The zero-order valence-electron chi connectivity index (χ0n) is 17.1. The third-order valence-electron chi connectivity index (χ3n) is 4.42. The zero-order chi connectivity index (χ0) is 21.2. The number of rotatable bonds is 5. The lowest BCUT2D eigenvalue weighted by Crippen LogP contribution is -2.27. The van der Waals surface area contributed by atoms with Crippen molar-refractivity contribution in [3.8, 4) is 11.1 Å². The summed E-state index contributed by atoms with van der Waals surface area (Å²) in [6, 6.07) is 14.9. The molecule has 0 aliphatic heterocycles. The third kappa shape index (κ3) is 4.52. The lowest BCUT2D eigenvalue weighted by Gasteiger charge is -2.27. The number of likely N-dealkylation sites (N-methyl/N-ethyl adjacent to an activating group) is 1. The second kappa shape index (κ2) is 8.39. The largest absolute Gasteiger partial charge is 0.455 e. The monoisotopic (exact) mass is 412 g/mol. The molecule has 1 N–H and O–H groups in total. The minimum atomic E-state index is -0.667. The molecule has 0 aliphatic carbocycles. The number of ether oxygens (including phenoxy) is 1. The summed E-state index contributed by atoms with van der Waals surface area (Å²) < 4.78 is 5.66. The molecule has 152 valence electrons. The van der Waals surface area contributed by atoms with Crippen molar-refractivity contribution in [2.24, 2.45) is 0 Å². The Morgan fingerprint density at radius 1 is 1.14 bits per heavy atom. The maximum atomic E-state index is 13.1. The predicted molar refractivity (Wildman–Crippen MR) is 118 cm³/mol. The summed E-state index contributed by atoms with van der Waals surface area (Å²) >= 11 is 6.53. The fourth-order valence-electron chi connectivity index (χ4n) is 3.25. The van der Waals surface area contributed by atoms with E-state index < -0.39 is 11.6 Å². The molecule has 29 heavy (non-hydrogen) atoms. The van der Waals surface area contributed by atoms with Gasteiger partial charge in [-0.3, -0.25) is 0 Å². The first-order chi connectivity index (χ1) is 13.7. The topological polar surface area (TPSA) is 62.7 Å². The van der Waals surface area contributed by atoms with Crippen molar-refractivity contribution in [3.05, 3.63) is 59.2 Å². The number of nitrogens with zero attached hydrogens (tertiary/aromatic N) is 2. The van der Waals surface area contributed by atoms with Crippen LogP contribution in [0.4, 0.5) is 5.69 Å². The molecule has 0 saturated carbocycles. The third-order valence-corrected chi connectivity index (χ3v) is 4.75. The highest BCUT2D eigenvalue weighted by atomic mass is 35.5. The standard InChI is InChI=1S/C23H25ClN2O3/c1-23(2,3)29-22(28)20-19(15-9-5-7-11-17(15)24)21(26(4)13-14-27)16-10-6-8-12-18(16)25-20/h5-12,27H,13-14H2,1-4H3. The van der Waals surface area contributed by atoms with E-state index in [1.54, 1.807) is 6.07 Å². The minimum absolute atomic E-state index is 0.0309. The smallest absolute Gasteiger partial charge is 0.358 e. The molecular formula is C23H25ClN2O3. The Morgan fingerprint density at radius 2 is 1.79 bits per heavy atom. The molecule has 0 bridgehead atoms. The van der Waals surface area contributed by atoms with Crippen molar-refractivity contribution in [2.45, 2.75) is 26.4 Å². The molecule has 0 fully saturated rings. The number of anilines is 1. The molecule has 0 atom stereocenters. The second-order valence-electron chi connectivity index (χ2n) is 7.83. The maximum absolute atomic E-state index is 13.1. The zero-order valence-corrected chi connectivity index (χ0v) is 17.8. The molecule has 0 unspecified atom stereocenters. The Bertz CT molecular complexity index is 1040. The summed E-state index contributed by atoms with van der Waals surface area (Å²) in [4.78, 5) is 19.7. The fourth-order valence-corrected chi connectivity index (χ4v) is 3.48. The quantitative estimate of drug-likeness (QED) is 0.601. The van der Waals surface area contributed by atoms with Crippen molar-refractivity contribution in [1.82, 2.24) is 4.98 Å². The lowest BCUT2D eigenvalue weighted by atomic mass is 9.97. The molecule has 2 aromatic carbocycles. The Labute approximate surface area is 175 Å². The highest BCUT2D eigenvalue weighted by Gasteiger charge is 2.28. The van der Waals surface area contributed by atoms with E-state index in [9.17, 15) is 9.90 Å². The van der Waals surface area contributed by atoms with Crippen LogP contribution in [0.3, 0.4) is 0 Å². The molecule has 5 nitrogen and oxygen atoms in total. The number of aliphatic hydroxyl groups excluding tert-OH is 1. The first-order valence-corrected chi connectivity index (χ1v) is 9.83. The number of carbonyl (C=O) groups is 1. The number of fused-ring (bicyclic) bond motifs is 1. The van der Waals surface area contributed by atoms with Gasteiger partial charge in [0.05, 0.1) is 17.8 Å². The molecule has 1 heterocycles. The van der Waals surface area contributed by atoms with Crippen LogP contribution in [0.1, 0.15) is 31.3 Å². The van der Waals surface area contributed by atoms with Crippen molar-refractivity contribution >= 4 is 34.2 Å². The molecule has 0 aliphatic rings. The van der Waals surface area contributed by atoms with Gasteiger partial charge in [-0.1, -0.05) is 48.0 Å². The molecule has 0 radical (unpaired) electrons. The average Bonchev–Trinajstić information content (AvgIpc) is 2.65. The van der Waals surface area contributed by atoms with Gasteiger partial charge in [0.15, 0.2) is 5.69 Å². The van der Waals surface area contributed by atoms with Gasteiger partial charge in [0.1, 0.15) is 5.60 Å². The molecule has 0 spiro atoms. The highest BCUT2D eigenvalue weighted by molar-refractivity contribution is 6.34. The van der Waals surface area contributed by atoms with E-state index in [-0.39, 0.29) is 12.3 Å². The number of hydrogen-bond donors (Lipinski definition) is 1. The van der Waals surface area contributed by atoms with E-state index in [1.807, 2.05) is 75.2 Å². The van der Waals surface area contributed by atoms with E-state index >= 15 is 0 Å². The Hall–Kier alpha value is -2.63. The van der Waals surface area contributed by atoms with Gasteiger partial charge in [-0.15, -0.1) is 0 Å². The average molecular weight is 413 g/mol. The number of aliphatic hydroxyl groups is 1. The van der Waals surface area contributed by atoms with Crippen LogP contribution in [-0.4, -0.2) is 41.9 Å². The first kappa shape index (κ1) is 21.1. The van der Waals surface area contributed by atoms with Crippen LogP contribution in [0.2, 0.25) is 5.02 Å². The van der Waals surface area contributed by atoms with Crippen LogP contribution in [0.5, 0.6) is 0 Å². The summed E-state index contributed by atoms with van der Waals surface area (Å²) in [5.74, 6) is -0.517. The maximum Gasteiger partial charge on any atom is 0.358 e. The van der Waals surface area contributed by atoms with Crippen LogP contribution in [0.15, 0.2) is 48.5 Å². The number of esters is 1. The summed E-state index contributed by atoms with van der Waals surface area (Å²) in [5.41, 5.74) is 2.26. The Kier molecular flexibility index (Phi) is 6.10. The lowest BCUT2D eigenvalue weighted by molar-refractivity contribution is 0.00643. The van der Waals surface area contributed by atoms with Gasteiger partial charge in [0.2, 0.25) is 0 Å². The number of aromatic nitrogens is 1. The number of pyridine rings is 1. The summed E-state index contributed by atoms with van der Waals surface area (Å²) in [5, 5.41) is 10.9. The van der Waals surface area contributed by atoms with Gasteiger partial charge in [0, 0.05) is 35.1 Å². The van der Waals surface area contributed by atoms with E-state index in [4.69, 9.17) is 16.3 Å². The van der Waals surface area contributed by atoms with Crippen LogP contribution >= 0.6 is 11.6 Å². The molecule has 3 rings (SSSR count). The van der Waals surface area contributed by atoms with Crippen molar-refractivity contribution in [1.29, 1.82) is 0 Å². The predicted octanol–water partition coefficient (Wildman–Crippen LogP) is 4.94. The number of halogens is 1. The highest BCUT2D eigenvalue weighted by Crippen LogP contribution is 2.41. The SMILES string of the molecule is CN(CCO)c1c(-c2ccccc2Cl)c(C(=O)OC(C)(C)C)nc2ccccc12. The summed E-state index contributed by atoms with van der Waals surface area (Å²) in [6.45, 7) is 5.82. The summed E-state index contributed by atoms with van der Waals surface area (Å²) in [6.07, 6.45) is 0. The van der Waals surface area contributed by atoms with Gasteiger partial charge in [-0.25, -0.2) is 9.78 Å². The van der Waals surface area contributed by atoms with Gasteiger partial charge in [-0.2, -0.15) is 0 Å². The van der Waals surface area contributed by atoms with Crippen LogP contribution in [0.25, 0.3) is 22.0 Å². The molecule has 3 aromatic rings. The van der Waals surface area contributed by atoms with E-state index in [2.05, 4.69) is 4.98 Å². The Balaban J connectivity index is 2.41.